The fourth-order valence-electron chi connectivity index (χ4n) is 1.61. The van der Waals surface area contributed by atoms with E-state index in [1.165, 1.54) is 32.4 Å². The highest BCUT2D eigenvalue weighted by atomic mass is 32.1. The summed E-state index contributed by atoms with van der Waals surface area (Å²) in [7, 11) is 2.79. The van der Waals surface area contributed by atoms with E-state index in [4.69, 9.17) is 17.0 Å². The Kier molecular flexibility index (Phi) is 7.03. The second-order valence-electron chi connectivity index (χ2n) is 4.20. The number of anilines is 1. The summed E-state index contributed by atoms with van der Waals surface area (Å²) in [6.45, 7) is 0.470. The molecule has 0 heterocycles. The number of carbonyl (C=O) groups excluding carboxylic acids is 1. The third-order valence-corrected chi connectivity index (χ3v) is 2.96. The number of hydrogen-bond donors (Lipinski definition) is 2. The van der Waals surface area contributed by atoms with Crippen LogP contribution in [0.3, 0.4) is 0 Å². The van der Waals surface area contributed by atoms with Crippen molar-refractivity contribution in [3.05, 3.63) is 28.3 Å². The minimum Gasteiger partial charge on any atom is -0.495 e. The van der Waals surface area contributed by atoms with Crippen molar-refractivity contribution in [1.29, 1.82) is 0 Å². The predicted octanol–water partition coefficient (Wildman–Crippen LogP) is 1.84. The molecule has 0 aliphatic carbocycles. The molecule has 1 aromatic rings. The molecule has 2 N–H and O–H groups in total. The Hall–Kier alpha value is -2.42. The Bertz CT molecular complexity index is 565. The van der Waals surface area contributed by atoms with Crippen molar-refractivity contribution in [3.8, 4) is 5.75 Å². The molecule has 120 valence electrons. The van der Waals surface area contributed by atoms with E-state index in [1.807, 2.05) is 0 Å². The van der Waals surface area contributed by atoms with E-state index in [9.17, 15) is 14.9 Å². The van der Waals surface area contributed by atoms with Gasteiger partial charge in [-0.1, -0.05) is 0 Å². The Morgan fingerprint density at radius 2 is 2.14 bits per heavy atom. The number of nitro benzene ring substituents is 1. The number of non-ortho nitro benzene ring substituents is 1. The number of ether oxygens (including phenoxy) is 2. The van der Waals surface area contributed by atoms with Crippen LogP contribution in [0.5, 0.6) is 5.75 Å². The number of methoxy groups -OCH3 is 2. The molecule has 0 saturated heterocycles. The molecule has 0 aliphatic heterocycles. The van der Waals surface area contributed by atoms with Gasteiger partial charge in [0.25, 0.3) is 5.69 Å². The van der Waals surface area contributed by atoms with Crippen LogP contribution in [0.15, 0.2) is 18.2 Å². The summed E-state index contributed by atoms with van der Waals surface area (Å²) in [6.07, 6.45) is 0.840. The molecule has 0 amide bonds. The van der Waals surface area contributed by atoms with Crippen molar-refractivity contribution in [3.63, 3.8) is 0 Å². The highest BCUT2D eigenvalue weighted by Gasteiger charge is 2.12. The molecular formula is C13H17N3O5S. The number of benzene rings is 1. The standard InChI is InChI=1S/C13H17N3O5S/c1-20-11-6-5-9(16(18)19)8-10(11)15-13(22)14-7-3-4-12(17)21-2/h5-6,8H,3-4,7H2,1-2H3,(H2,14,15,22). The van der Waals surface area contributed by atoms with Gasteiger partial charge in [0.2, 0.25) is 0 Å². The summed E-state index contributed by atoms with van der Waals surface area (Å²) >= 11 is 5.10. The first-order valence-electron chi connectivity index (χ1n) is 6.42. The lowest BCUT2D eigenvalue weighted by molar-refractivity contribution is -0.384. The van der Waals surface area contributed by atoms with E-state index >= 15 is 0 Å². The lowest BCUT2D eigenvalue weighted by Crippen LogP contribution is -2.29. The molecule has 8 nitrogen and oxygen atoms in total. The van der Waals surface area contributed by atoms with E-state index in [2.05, 4.69) is 15.4 Å². The summed E-state index contributed by atoms with van der Waals surface area (Å²) in [5.74, 6) is 0.144. The Balaban J connectivity index is 2.57. The fourth-order valence-corrected chi connectivity index (χ4v) is 1.82. The van der Waals surface area contributed by atoms with Crippen molar-refractivity contribution in [1.82, 2.24) is 5.32 Å². The molecule has 0 unspecified atom stereocenters. The zero-order chi connectivity index (χ0) is 16.5. The fraction of sp³-hybridized carbons (Fsp3) is 0.385. The second kappa shape index (κ2) is 8.78. The van der Waals surface area contributed by atoms with Gasteiger partial charge in [0.05, 0.1) is 24.8 Å². The molecular weight excluding hydrogens is 310 g/mol. The second-order valence-corrected chi connectivity index (χ2v) is 4.61. The molecule has 1 rings (SSSR count). The van der Waals surface area contributed by atoms with Gasteiger partial charge in [-0.25, -0.2) is 0 Å². The van der Waals surface area contributed by atoms with Crippen molar-refractivity contribution in [2.24, 2.45) is 0 Å². The third kappa shape index (κ3) is 5.52. The SMILES string of the molecule is COC(=O)CCCNC(=S)Nc1cc([N+](=O)[O-])ccc1OC. The number of rotatable bonds is 7. The molecule has 1 aromatic carbocycles. The van der Waals surface area contributed by atoms with E-state index in [-0.39, 0.29) is 23.2 Å². The Morgan fingerprint density at radius 1 is 1.41 bits per heavy atom. The van der Waals surface area contributed by atoms with E-state index < -0.39 is 4.92 Å². The quantitative estimate of drug-likeness (QED) is 0.257. The molecule has 0 aliphatic rings. The monoisotopic (exact) mass is 327 g/mol. The van der Waals surface area contributed by atoms with Crippen LogP contribution in [-0.2, 0) is 9.53 Å². The molecule has 0 atom stereocenters. The average molecular weight is 327 g/mol. The van der Waals surface area contributed by atoms with Crippen LogP contribution in [0.4, 0.5) is 11.4 Å². The van der Waals surface area contributed by atoms with Gasteiger partial charge < -0.3 is 20.1 Å². The third-order valence-electron chi connectivity index (χ3n) is 2.71. The van der Waals surface area contributed by atoms with E-state index in [1.54, 1.807) is 0 Å². The first-order valence-corrected chi connectivity index (χ1v) is 6.83. The number of nitrogens with zero attached hydrogens (tertiary/aromatic N) is 1. The number of nitrogens with one attached hydrogen (secondary N) is 2. The number of hydrogen-bond acceptors (Lipinski definition) is 6. The van der Waals surface area contributed by atoms with Gasteiger partial charge in [-0.2, -0.15) is 0 Å². The van der Waals surface area contributed by atoms with E-state index in [0.29, 0.717) is 24.4 Å². The van der Waals surface area contributed by atoms with Crippen molar-refractivity contribution in [2.75, 3.05) is 26.1 Å². The van der Waals surface area contributed by atoms with Gasteiger partial charge in [0.15, 0.2) is 5.11 Å². The van der Waals surface area contributed by atoms with Gasteiger partial charge in [0, 0.05) is 25.1 Å². The highest BCUT2D eigenvalue weighted by Crippen LogP contribution is 2.28. The Labute approximate surface area is 132 Å². The number of nitro groups is 1. The van der Waals surface area contributed by atoms with Crippen molar-refractivity contribution >= 4 is 34.7 Å². The average Bonchev–Trinajstić information content (AvgIpc) is 2.51. The maximum atomic E-state index is 11.0. The largest absolute Gasteiger partial charge is 0.495 e. The molecule has 0 spiro atoms. The minimum atomic E-state index is -0.503. The lowest BCUT2D eigenvalue weighted by Gasteiger charge is -2.13. The smallest absolute Gasteiger partial charge is 0.305 e. The number of thiocarbonyl (C=S) groups is 1. The molecule has 9 heteroatoms. The number of carbonyl (C=O) groups is 1. The van der Waals surface area contributed by atoms with Crippen LogP contribution in [0.1, 0.15) is 12.8 Å². The first-order chi connectivity index (χ1) is 10.5. The summed E-state index contributed by atoms with van der Waals surface area (Å²) in [5.41, 5.74) is 0.318. The lowest BCUT2D eigenvalue weighted by atomic mass is 10.2. The van der Waals surface area contributed by atoms with Crippen LogP contribution in [-0.4, -0.2) is 36.8 Å². The molecule has 0 aromatic heterocycles. The van der Waals surface area contributed by atoms with Gasteiger partial charge >= 0.3 is 5.97 Å². The van der Waals surface area contributed by atoms with Crippen molar-refractivity contribution in [2.45, 2.75) is 12.8 Å². The zero-order valence-electron chi connectivity index (χ0n) is 12.3. The van der Waals surface area contributed by atoms with Crippen LogP contribution < -0.4 is 15.4 Å². The molecule has 22 heavy (non-hydrogen) atoms. The normalized spacial score (nSPS) is 9.73. The van der Waals surface area contributed by atoms with Gasteiger partial charge in [0.1, 0.15) is 5.75 Å². The summed E-state index contributed by atoms with van der Waals surface area (Å²) < 4.78 is 9.64. The van der Waals surface area contributed by atoms with Crippen LogP contribution >= 0.6 is 12.2 Å². The Morgan fingerprint density at radius 3 is 2.73 bits per heavy atom. The van der Waals surface area contributed by atoms with Crippen LogP contribution in [0, 0.1) is 10.1 Å². The molecule has 0 radical (unpaired) electrons. The van der Waals surface area contributed by atoms with Crippen molar-refractivity contribution < 1.29 is 19.2 Å². The summed E-state index contributed by atoms with van der Waals surface area (Å²) in [5, 5.41) is 16.8. The minimum absolute atomic E-state index is 0.0724. The topological polar surface area (TPSA) is 103 Å². The summed E-state index contributed by atoms with van der Waals surface area (Å²) in [6, 6.07) is 4.17. The van der Waals surface area contributed by atoms with Gasteiger partial charge in [-0.05, 0) is 24.7 Å². The van der Waals surface area contributed by atoms with Gasteiger partial charge in [-0.3, -0.25) is 14.9 Å². The summed E-state index contributed by atoms with van der Waals surface area (Å²) in [4.78, 5) is 21.2. The first kappa shape index (κ1) is 17.6. The predicted molar refractivity (Wildman–Crippen MR) is 85.1 cm³/mol. The maximum Gasteiger partial charge on any atom is 0.305 e. The molecule has 0 bridgehead atoms. The molecule has 0 saturated carbocycles. The number of esters is 1. The zero-order valence-corrected chi connectivity index (χ0v) is 13.1. The van der Waals surface area contributed by atoms with Gasteiger partial charge in [-0.15, -0.1) is 0 Å². The molecule has 0 fully saturated rings. The van der Waals surface area contributed by atoms with E-state index in [0.717, 1.165) is 0 Å². The van der Waals surface area contributed by atoms with Crippen LogP contribution in [0.25, 0.3) is 0 Å². The highest BCUT2D eigenvalue weighted by molar-refractivity contribution is 7.80. The maximum absolute atomic E-state index is 11.0. The van der Waals surface area contributed by atoms with Crippen LogP contribution in [0.2, 0.25) is 0 Å².